The molecule has 0 saturated heterocycles. The number of thiocarbonyl (C=S) groups is 1. The maximum atomic E-state index is 5.61. The molecule has 0 spiro atoms. The molecule has 4 nitrogen and oxygen atoms in total. The minimum absolute atomic E-state index is 0.389. The molecule has 1 aromatic heterocycles. The Morgan fingerprint density at radius 2 is 1.89 bits per heavy atom. The molecule has 2 aromatic rings. The molecule has 0 atom stereocenters. The molecule has 0 amide bonds. The lowest BCUT2D eigenvalue weighted by atomic mass is 10.3. The number of hydrogen-bond donors (Lipinski definition) is 0. The Balaban J connectivity index is 2.25. The second-order valence-electron chi connectivity index (χ2n) is 3.31. The van der Waals surface area contributed by atoms with Crippen LogP contribution in [0.5, 0.6) is 17.4 Å². The van der Waals surface area contributed by atoms with E-state index in [2.05, 4.69) is 27.4 Å². The number of hydrogen-bond acceptors (Lipinski definition) is 5. The van der Waals surface area contributed by atoms with Crippen molar-refractivity contribution in [3.63, 3.8) is 0 Å². The fraction of sp³-hybridized carbons (Fsp3) is 0.0769. The molecule has 0 fully saturated rings. The third-order valence-electron chi connectivity index (χ3n) is 2.19. The van der Waals surface area contributed by atoms with Gasteiger partial charge in [-0.15, -0.1) is 0 Å². The third kappa shape index (κ3) is 2.91. The average Bonchev–Trinajstić information content (AvgIpc) is 2.42. The quantitative estimate of drug-likeness (QED) is 0.620. The predicted octanol–water partition coefficient (Wildman–Crippen LogP) is 3.62. The molecule has 0 aliphatic carbocycles. The number of aromatic nitrogens is 1. The van der Waals surface area contributed by atoms with E-state index < -0.39 is 0 Å². The van der Waals surface area contributed by atoms with E-state index in [4.69, 9.17) is 9.47 Å². The SMILES string of the molecule is COc1ccc(Oc2ncccc2N=C=S)cc1. The molecular formula is C13H10N2O2S. The number of isothiocyanates is 1. The molecule has 0 aliphatic rings. The standard InChI is InChI=1S/C13H10N2O2S/c1-16-10-4-6-11(7-5-10)17-13-12(15-9-18)3-2-8-14-13/h2-8H,1H3. The van der Waals surface area contributed by atoms with E-state index in [1.54, 1.807) is 49.7 Å². The van der Waals surface area contributed by atoms with Crippen LogP contribution in [-0.2, 0) is 0 Å². The Bertz CT molecular complexity index is 578. The summed E-state index contributed by atoms with van der Waals surface area (Å²) in [4.78, 5) is 7.99. The lowest BCUT2D eigenvalue weighted by Gasteiger charge is -2.06. The summed E-state index contributed by atoms with van der Waals surface area (Å²) in [7, 11) is 1.61. The molecule has 0 unspecified atom stereocenters. The Kier molecular flexibility index (Phi) is 4.02. The lowest BCUT2D eigenvalue weighted by Crippen LogP contribution is -1.88. The van der Waals surface area contributed by atoms with E-state index in [1.807, 2.05) is 0 Å². The van der Waals surface area contributed by atoms with Gasteiger partial charge in [0.2, 0.25) is 5.88 Å². The smallest absolute Gasteiger partial charge is 0.246 e. The highest BCUT2D eigenvalue weighted by Gasteiger charge is 2.04. The number of rotatable bonds is 4. The minimum atomic E-state index is 0.389. The van der Waals surface area contributed by atoms with Crippen LogP contribution in [0.3, 0.4) is 0 Å². The summed E-state index contributed by atoms with van der Waals surface area (Å²) in [5.74, 6) is 1.80. The van der Waals surface area contributed by atoms with Crippen LogP contribution in [0.1, 0.15) is 0 Å². The van der Waals surface area contributed by atoms with Gasteiger partial charge < -0.3 is 9.47 Å². The van der Waals surface area contributed by atoms with Gasteiger partial charge in [-0.2, -0.15) is 4.99 Å². The summed E-state index contributed by atoms with van der Waals surface area (Å²) in [6.07, 6.45) is 1.63. The van der Waals surface area contributed by atoms with Crippen LogP contribution in [0.25, 0.3) is 0 Å². The van der Waals surface area contributed by atoms with Gasteiger partial charge in [-0.3, -0.25) is 0 Å². The van der Waals surface area contributed by atoms with Crippen molar-refractivity contribution >= 4 is 23.1 Å². The summed E-state index contributed by atoms with van der Waals surface area (Å²) < 4.78 is 10.7. The normalized spacial score (nSPS) is 9.39. The van der Waals surface area contributed by atoms with E-state index in [9.17, 15) is 0 Å². The van der Waals surface area contributed by atoms with Crippen molar-refractivity contribution in [3.8, 4) is 17.4 Å². The maximum Gasteiger partial charge on any atom is 0.246 e. The van der Waals surface area contributed by atoms with Crippen molar-refractivity contribution in [2.45, 2.75) is 0 Å². The predicted molar refractivity (Wildman–Crippen MR) is 72.0 cm³/mol. The van der Waals surface area contributed by atoms with Crippen LogP contribution in [0.4, 0.5) is 5.69 Å². The van der Waals surface area contributed by atoms with E-state index in [0.29, 0.717) is 17.3 Å². The van der Waals surface area contributed by atoms with Crippen molar-refractivity contribution < 1.29 is 9.47 Å². The van der Waals surface area contributed by atoms with Gasteiger partial charge in [0.15, 0.2) is 0 Å². The number of methoxy groups -OCH3 is 1. The van der Waals surface area contributed by atoms with E-state index in [-0.39, 0.29) is 0 Å². The molecule has 0 N–H and O–H groups in total. The topological polar surface area (TPSA) is 43.7 Å². The van der Waals surface area contributed by atoms with Crippen molar-refractivity contribution in [2.24, 2.45) is 4.99 Å². The number of ether oxygens (including phenoxy) is 2. The fourth-order valence-corrected chi connectivity index (χ4v) is 1.45. The molecule has 0 bridgehead atoms. The van der Waals surface area contributed by atoms with Crippen LogP contribution < -0.4 is 9.47 Å². The van der Waals surface area contributed by atoms with Crippen molar-refractivity contribution in [3.05, 3.63) is 42.6 Å². The van der Waals surface area contributed by atoms with Gasteiger partial charge in [-0.05, 0) is 48.6 Å². The lowest BCUT2D eigenvalue weighted by molar-refractivity contribution is 0.412. The number of benzene rings is 1. The monoisotopic (exact) mass is 258 g/mol. The zero-order valence-corrected chi connectivity index (χ0v) is 10.5. The minimum Gasteiger partial charge on any atom is -0.497 e. The second kappa shape index (κ2) is 5.91. The highest BCUT2D eigenvalue weighted by molar-refractivity contribution is 7.78. The fourth-order valence-electron chi connectivity index (χ4n) is 1.35. The second-order valence-corrected chi connectivity index (χ2v) is 3.49. The first-order valence-electron chi connectivity index (χ1n) is 5.18. The molecule has 2 rings (SSSR count). The molecule has 18 heavy (non-hydrogen) atoms. The molecule has 0 aliphatic heterocycles. The Hall–Kier alpha value is -2.23. The van der Waals surface area contributed by atoms with Crippen LogP contribution in [0.15, 0.2) is 47.6 Å². The molecule has 90 valence electrons. The van der Waals surface area contributed by atoms with E-state index in [1.165, 1.54) is 0 Å². The largest absolute Gasteiger partial charge is 0.497 e. The van der Waals surface area contributed by atoms with E-state index >= 15 is 0 Å². The molecule has 5 heteroatoms. The van der Waals surface area contributed by atoms with Crippen LogP contribution in [0, 0.1) is 0 Å². The maximum absolute atomic E-state index is 5.61. The van der Waals surface area contributed by atoms with Gasteiger partial charge in [-0.25, -0.2) is 4.98 Å². The van der Waals surface area contributed by atoms with Gasteiger partial charge in [0, 0.05) is 6.20 Å². The Morgan fingerprint density at radius 1 is 1.17 bits per heavy atom. The molecular weight excluding hydrogens is 248 g/mol. The molecule has 1 aromatic carbocycles. The van der Waals surface area contributed by atoms with Crippen LogP contribution >= 0.6 is 12.2 Å². The summed E-state index contributed by atoms with van der Waals surface area (Å²) in [6.45, 7) is 0. The first-order chi connectivity index (χ1) is 8.83. The van der Waals surface area contributed by atoms with Crippen molar-refractivity contribution in [1.82, 2.24) is 4.98 Å². The molecule has 0 saturated carbocycles. The van der Waals surface area contributed by atoms with Gasteiger partial charge in [0.25, 0.3) is 0 Å². The molecule has 1 heterocycles. The summed E-state index contributed by atoms with van der Waals surface area (Å²) in [6, 6.07) is 10.7. The highest BCUT2D eigenvalue weighted by Crippen LogP contribution is 2.29. The summed E-state index contributed by atoms with van der Waals surface area (Å²) in [5, 5.41) is 2.30. The zero-order valence-electron chi connectivity index (χ0n) is 9.66. The number of nitrogens with zero attached hydrogens (tertiary/aromatic N) is 2. The average molecular weight is 258 g/mol. The van der Waals surface area contributed by atoms with Crippen LogP contribution in [0.2, 0.25) is 0 Å². The number of aliphatic imine (C=N–C) groups is 1. The first-order valence-corrected chi connectivity index (χ1v) is 5.59. The van der Waals surface area contributed by atoms with Crippen molar-refractivity contribution in [2.75, 3.05) is 7.11 Å². The van der Waals surface area contributed by atoms with Gasteiger partial charge >= 0.3 is 0 Å². The third-order valence-corrected chi connectivity index (χ3v) is 2.28. The summed E-state index contributed by atoms with van der Waals surface area (Å²) >= 11 is 4.57. The van der Waals surface area contributed by atoms with Gasteiger partial charge in [-0.1, -0.05) is 0 Å². The van der Waals surface area contributed by atoms with Crippen LogP contribution in [-0.4, -0.2) is 17.3 Å². The zero-order chi connectivity index (χ0) is 12.8. The Labute approximate surface area is 110 Å². The summed E-state index contributed by atoms with van der Waals surface area (Å²) in [5.41, 5.74) is 0.545. The highest BCUT2D eigenvalue weighted by atomic mass is 32.1. The molecule has 0 radical (unpaired) electrons. The first kappa shape index (κ1) is 12.2. The van der Waals surface area contributed by atoms with Crippen molar-refractivity contribution in [1.29, 1.82) is 0 Å². The number of pyridine rings is 1. The van der Waals surface area contributed by atoms with E-state index in [0.717, 1.165) is 5.75 Å². The van der Waals surface area contributed by atoms with Gasteiger partial charge in [0.05, 0.1) is 12.3 Å². The Morgan fingerprint density at radius 3 is 2.56 bits per heavy atom. The van der Waals surface area contributed by atoms with Gasteiger partial charge in [0.1, 0.15) is 17.2 Å².